The summed E-state index contributed by atoms with van der Waals surface area (Å²) < 4.78 is 6.65. The van der Waals surface area contributed by atoms with Crippen LogP contribution in [0.3, 0.4) is 0 Å². The molecule has 1 fully saturated rings. The van der Waals surface area contributed by atoms with Crippen LogP contribution >= 0.6 is 11.3 Å². The number of para-hydroxylation sites is 1. The average molecular weight is 370 g/mol. The average Bonchev–Trinajstić information content (AvgIpc) is 3.36. The Hall–Kier alpha value is -2.67. The van der Waals surface area contributed by atoms with Crippen molar-refractivity contribution in [2.45, 2.75) is 32.2 Å². The topological polar surface area (TPSA) is 83.6 Å². The van der Waals surface area contributed by atoms with Gasteiger partial charge in [-0.25, -0.2) is 9.78 Å². The van der Waals surface area contributed by atoms with Crippen LogP contribution in [0.25, 0.3) is 10.2 Å². The van der Waals surface area contributed by atoms with Crippen LogP contribution in [0.4, 0.5) is 0 Å². The van der Waals surface area contributed by atoms with Gasteiger partial charge >= 0.3 is 5.97 Å². The minimum absolute atomic E-state index is 0.0617. The number of aromatic carboxylic acids is 1. The number of furan rings is 1. The number of carboxylic acids is 1. The van der Waals surface area contributed by atoms with E-state index >= 15 is 0 Å². The summed E-state index contributed by atoms with van der Waals surface area (Å²) in [4.78, 5) is 30.7. The van der Waals surface area contributed by atoms with E-state index in [0.29, 0.717) is 18.7 Å². The van der Waals surface area contributed by atoms with Gasteiger partial charge in [-0.3, -0.25) is 4.79 Å². The first kappa shape index (κ1) is 16.8. The summed E-state index contributed by atoms with van der Waals surface area (Å²) in [6.45, 7) is 2.42. The van der Waals surface area contributed by atoms with Crippen LogP contribution < -0.4 is 0 Å². The Morgan fingerprint density at radius 3 is 2.88 bits per heavy atom. The molecule has 0 spiro atoms. The van der Waals surface area contributed by atoms with Crippen molar-refractivity contribution in [3.05, 3.63) is 52.4 Å². The van der Waals surface area contributed by atoms with Gasteiger partial charge in [-0.1, -0.05) is 19.1 Å². The second kappa shape index (κ2) is 6.57. The van der Waals surface area contributed by atoms with Gasteiger partial charge in [0.05, 0.1) is 16.3 Å². The monoisotopic (exact) mass is 370 g/mol. The second-order valence-corrected chi connectivity index (χ2v) is 7.34. The van der Waals surface area contributed by atoms with Crippen molar-refractivity contribution in [1.82, 2.24) is 9.88 Å². The molecule has 4 rings (SSSR count). The standard InChI is InChI=1S/C19H18N2O4S/c1-2-14-11(19(23)24)10-15(25-14)18(22)21-9-5-7-13(21)17-20-12-6-3-4-8-16(12)26-17/h3-4,6,8,10,13H,2,5,7,9H2,1H3,(H,23,24). The van der Waals surface area contributed by atoms with Gasteiger partial charge in [0.15, 0.2) is 5.76 Å². The molecule has 1 unspecified atom stereocenters. The zero-order valence-corrected chi connectivity index (χ0v) is 15.1. The van der Waals surface area contributed by atoms with Gasteiger partial charge in [0.1, 0.15) is 16.3 Å². The third-order valence-electron chi connectivity index (χ3n) is 4.68. The largest absolute Gasteiger partial charge is 0.478 e. The van der Waals surface area contributed by atoms with Gasteiger partial charge in [0, 0.05) is 19.0 Å². The first-order valence-electron chi connectivity index (χ1n) is 8.61. The molecule has 0 aliphatic carbocycles. The van der Waals surface area contributed by atoms with Crippen molar-refractivity contribution in [2.24, 2.45) is 0 Å². The molecule has 1 N–H and O–H groups in total. The maximum atomic E-state index is 13.0. The molecule has 1 aliphatic heterocycles. The summed E-state index contributed by atoms with van der Waals surface area (Å²) >= 11 is 1.60. The normalized spacial score (nSPS) is 17.1. The number of carbonyl (C=O) groups excluding carboxylic acids is 1. The van der Waals surface area contributed by atoms with Crippen LogP contribution in [-0.4, -0.2) is 33.4 Å². The number of amides is 1. The highest BCUT2D eigenvalue weighted by Crippen LogP contribution is 2.37. The number of hydrogen-bond acceptors (Lipinski definition) is 5. The molecular formula is C19H18N2O4S. The van der Waals surface area contributed by atoms with E-state index in [1.54, 1.807) is 23.2 Å². The molecule has 2 aromatic heterocycles. The van der Waals surface area contributed by atoms with Crippen molar-refractivity contribution in [3.63, 3.8) is 0 Å². The Bertz CT molecular complexity index is 958. The van der Waals surface area contributed by atoms with Crippen LogP contribution in [0.1, 0.15) is 57.5 Å². The lowest BCUT2D eigenvalue weighted by atomic mass is 10.2. The molecule has 0 radical (unpaired) electrons. The zero-order chi connectivity index (χ0) is 18.3. The van der Waals surface area contributed by atoms with E-state index in [1.807, 2.05) is 24.3 Å². The van der Waals surface area contributed by atoms with Crippen molar-refractivity contribution in [3.8, 4) is 0 Å². The molecule has 7 heteroatoms. The molecule has 3 heterocycles. The molecule has 26 heavy (non-hydrogen) atoms. The maximum Gasteiger partial charge on any atom is 0.339 e. The SMILES string of the molecule is CCc1oc(C(=O)N2CCCC2c2nc3ccccc3s2)cc1C(=O)O. The van der Waals surface area contributed by atoms with Crippen LogP contribution in [0, 0.1) is 0 Å². The number of carbonyl (C=O) groups is 2. The van der Waals surface area contributed by atoms with Crippen LogP contribution in [-0.2, 0) is 6.42 Å². The summed E-state index contributed by atoms with van der Waals surface area (Å²) in [7, 11) is 0. The van der Waals surface area contributed by atoms with E-state index in [9.17, 15) is 14.7 Å². The highest BCUT2D eigenvalue weighted by molar-refractivity contribution is 7.18. The number of hydrogen-bond donors (Lipinski definition) is 1. The summed E-state index contributed by atoms with van der Waals surface area (Å²) in [6.07, 6.45) is 2.16. The van der Waals surface area contributed by atoms with Crippen molar-refractivity contribution >= 4 is 33.4 Å². The number of aromatic nitrogens is 1. The molecule has 134 valence electrons. The van der Waals surface area contributed by atoms with E-state index in [2.05, 4.69) is 4.98 Å². The minimum atomic E-state index is -1.08. The smallest absolute Gasteiger partial charge is 0.339 e. The molecule has 0 bridgehead atoms. The van der Waals surface area contributed by atoms with E-state index in [4.69, 9.17) is 4.42 Å². The van der Waals surface area contributed by atoms with Crippen LogP contribution in [0.5, 0.6) is 0 Å². The summed E-state index contributed by atoms with van der Waals surface area (Å²) in [5.41, 5.74) is 0.998. The van der Waals surface area contributed by atoms with E-state index in [1.165, 1.54) is 6.07 Å². The van der Waals surface area contributed by atoms with Gasteiger partial charge in [0.2, 0.25) is 0 Å². The molecule has 0 saturated carbocycles. The summed E-state index contributed by atoms with van der Waals surface area (Å²) in [5, 5.41) is 10.2. The fourth-order valence-electron chi connectivity index (χ4n) is 3.42. The van der Waals surface area contributed by atoms with Gasteiger partial charge in [-0.2, -0.15) is 0 Å². The predicted octanol–water partition coefficient (Wildman–Crippen LogP) is 4.13. The van der Waals surface area contributed by atoms with E-state index in [-0.39, 0.29) is 23.3 Å². The predicted molar refractivity (Wildman–Crippen MR) is 97.7 cm³/mol. The fourth-order valence-corrected chi connectivity index (χ4v) is 4.53. The second-order valence-electron chi connectivity index (χ2n) is 6.28. The highest BCUT2D eigenvalue weighted by atomic mass is 32.1. The van der Waals surface area contributed by atoms with Crippen molar-refractivity contribution in [2.75, 3.05) is 6.54 Å². The van der Waals surface area contributed by atoms with Crippen LogP contribution in [0.15, 0.2) is 34.7 Å². The quantitative estimate of drug-likeness (QED) is 0.747. The third-order valence-corrected chi connectivity index (χ3v) is 5.82. The Morgan fingerprint density at radius 1 is 1.38 bits per heavy atom. The molecule has 1 amide bonds. The zero-order valence-electron chi connectivity index (χ0n) is 14.3. The lowest BCUT2D eigenvalue weighted by Gasteiger charge is -2.21. The number of rotatable bonds is 4. The number of nitrogens with zero attached hydrogens (tertiary/aromatic N) is 2. The minimum Gasteiger partial charge on any atom is -0.478 e. The summed E-state index contributed by atoms with van der Waals surface area (Å²) in [6, 6.07) is 9.17. The number of likely N-dealkylation sites (tertiary alicyclic amines) is 1. The number of thiazole rings is 1. The lowest BCUT2D eigenvalue weighted by Crippen LogP contribution is -2.30. The molecular weight excluding hydrogens is 352 g/mol. The molecule has 1 atom stereocenters. The van der Waals surface area contributed by atoms with E-state index in [0.717, 1.165) is 28.1 Å². The van der Waals surface area contributed by atoms with E-state index < -0.39 is 5.97 Å². The molecule has 6 nitrogen and oxygen atoms in total. The Morgan fingerprint density at radius 2 is 2.19 bits per heavy atom. The molecule has 1 aromatic carbocycles. The number of carboxylic acid groups (broad SMARTS) is 1. The maximum absolute atomic E-state index is 13.0. The number of benzene rings is 1. The fraction of sp³-hybridized carbons (Fsp3) is 0.316. The molecule has 1 saturated heterocycles. The number of fused-ring (bicyclic) bond motifs is 1. The Kier molecular flexibility index (Phi) is 4.24. The first-order valence-corrected chi connectivity index (χ1v) is 9.42. The van der Waals surface area contributed by atoms with Gasteiger partial charge < -0.3 is 14.4 Å². The van der Waals surface area contributed by atoms with Crippen molar-refractivity contribution in [1.29, 1.82) is 0 Å². The summed E-state index contributed by atoms with van der Waals surface area (Å²) in [5.74, 6) is -0.924. The lowest BCUT2D eigenvalue weighted by molar-refractivity contribution is 0.0687. The van der Waals surface area contributed by atoms with Gasteiger partial charge in [0.25, 0.3) is 5.91 Å². The van der Waals surface area contributed by atoms with Crippen LogP contribution in [0.2, 0.25) is 0 Å². The Balaban J connectivity index is 1.65. The van der Waals surface area contributed by atoms with Crippen molar-refractivity contribution < 1.29 is 19.1 Å². The molecule has 3 aromatic rings. The first-order chi connectivity index (χ1) is 12.6. The number of aryl methyl sites for hydroxylation is 1. The van der Waals surface area contributed by atoms with Gasteiger partial charge in [-0.15, -0.1) is 11.3 Å². The highest BCUT2D eigenvalue weighted by Gasteiger charge is 2.35. The third kappa shape index (κ3) is 2.78. The van der Waals surface area contributed by atoms with Gasteiger partial charge in [-0.05, 0) is 25.0 Å². The molecule has 1 aliphatic rings. The Labute approximate surface area is 154 Å².